The molecule has 1 nitrogen and oxygen atoms in total. The van der Waals surface area contributed by atoms with E-state index in [0.29, 0.717) is 15.8 Å². The van der Waals surface area contributed by atoms with Crippen LogP contribution in [0.4, 0.5) is 0 Å². The second-order valence-corrected chi connectivity index (χ2v) is 7.37. The average Bonchev–Trinajstić information content (AvgIpc) is 2.34. The Balaban J connectivity index is 2.03. The summed E-state index contributed by atoms with van der Waals surface area (Å²) in [4.78, 5) is 0. The van der Waals surface area contributed by atoms with Crippen molar-refractivity contribution in [2.45, 2.75) is 43.4 Å². The summed E-state index contributed by atoms with van der Waals surface area (Å²) >= 11 is 14.3. The Kier molecular flexibility index (Phi) is 5.47. The first kappa shape index (κ1) is 15.5. The van der Waals surface area contributed by atoms with Crippen LogP contribution in [0.15, 0.2) is 18.2 Å². The van der Waals surface area contributed by atoms with Crippen LogP contribution in [0, 0.1) is 0 Å². The molecule has 1 fully saturated rings. The van der Waals surface area contributed by atoms with E-state index in [1.165, 1.54) is 19.3 Å². The quantitative estimate of drug-likeness (QED) is 0.762. The topological polar surface area (TPSA) is 12.0 Å². The molecule has 1 aliphatic carbocycles. The Bertz CT molecular complexity index is 427. The normalized spacial score (nSPS) is 18.9. The fourth-order valence-corrected chi connectivity index (χ4v) is 4.06. The smallest absolute Gasteiger partial charge is 0.0468 e. The number of hydrogen-bond donors (Lipinski definition) is 1. The predicted octanol–water partition coefficient (Wildman–Crippen LogP) is 5.32. The van der Waals surface area contributed by atoms with Gasteiger partial charge in [0.05, 0.1) is 0 Å². The molecule has 1 aliphatic rings. The zero-order valence-electron chi connectivity index (χ0n) is 11.5. The summed E-state index contributed by atoms with van der Waals surface area (Å²) in [7, 11) is 0. The van der Waals surface area contributed by atoms with Gasteiger partial charge in [-0.25, -0.2) is 0 Å². The van der Waals surface area contributed by atoms with Crippen molar-refractivity contribution in [1.29, 1.82) is 0 Å². The number of halogens is 2. The maximum atomic E-state index is 6.31. The van der Waals surface area contributed by atoms with E-state index in [2.05, 4.69) is 18.5 Å². The minimum Gasteiger partial charge on any atom is -0.309 e. The molecular weight excluding hydrogens is 297 g/mol. The summed E-state index contributed by atoms with van der Waals surface area (Å²) in [6.45, 7) is 3.25. The molecule has 0 saturated heterocycles. The van der Waals surface area contributed by atoms with Crippen molar-refractivity contribution >= 4 is 35.0 Å². The van der Waals surface area contributed by atoms with Crippen LogP contribution in [0.5, 0.6) is 0 Å². The van der Waals surface area contributed by atoms with E-state index in [9.17, 15) is 0 Å². The van der Waals surface area contributed by atoms with E-state index < -0.39 is 0 Å². The lowest BCUT2D eigenvalue weighted by molar-refractivity contribution is 0.328. The molecule has 0 bridgehead atoms. The Labute approximate surface area is 130 Å². The molecule has 106 valence electrons. The molecule has 2 rings (SSSR count). The highest BCUT2D eigenvalue weighted by atomic mass is 35.5. The highest BCUT2D eigenvalue weighted by molar-refractivity contribution is 8.00. The summed E-state index contributed by atoms with van der Waals surface area (Å²) in [5.41, 5.74) is 1.16. The van der Waals surface area contributed by atoms with Gasteiger partial charge in [0, 0.05) is 27.4 Å². The SMILES string of the molecule is CCC(NCC1(SC)CCC1)c1ccc(Cl)cc1Cl. The number of hydrogen-bond acceptors (Lipinski definition) is 2. The van der Waals surface area contributed by atoms with Gasteiger partial charge in [-0.3, -0.25) is 0 Å². The molecule has 1 saturated carbocycles. The van der Waals surface area contributed by atoms with Crippen LogP contribution in [0.25, 0.3) is 0 Å². The average molecular weight is 318 g/mol. The zero-order valence-corrected chi connectivity index (χ0v) is 13.8. The molecule has 0 heterocycles. The number of rotatable bonds is 6. The van der Waals surface area contributed by atoms with Crippen LogP contribution in [-0.4, -0.2) is 17.5 Å². The zero-order chi connectivity index (χ0) is 13.9. The standard InChI is InChI=1S/C15H21Cl2NS/c1-3-14(12-6-5-11(16)9-13(12)17)18-10-15(19-2)7-4-8-15/h5-6,9,14,18H,3-4,7-8,10H2,1-2H3. The van der Waals surface area contributed by atoms with Crippen molar-refractivity contribution in [1.82, 2.24) is 5.32 Å². The maximum absolute atomic E-state index is 6.31. The molecule has 0 amide bonds. The van der Waals surface area contributed by atoms with Gasteiger partial charge in [-0.05, 0) is 43.2 Å². The minimum absolute atomic E-state index is 0.314. The Morgan fingerprint density at radius 2 is 2.11 bits per heavy atom. The monoisotopic (exact) mass is 317 g/mol. The Hall–Kier alpha value is 0.110. The first-order valence-corrected chi connectivity index (χ1v) is 8.82. The van der Waals surface area contributed by atoms with E-state index >= 15 is 0 Å². The number of thioether (sulfide) groups is 1. The number of nitrogens with one attached hydrogen (secondary N) is 1. The van der Waals surface area contributed by atoms with Crippen molar-refractivity contribution in [2.75, 3.05) is 12.8 Å². The Morgan fingerprint density at radius 1 is 1.37 bits per heavy atom. The molecular formula is C15H21Cl2NS. The van der Waals surface area contributed by atoms with Gasteiger partial charge >= 0.3 is 0 Å². The van der Waals surface area contributed by atoms with E-state index in [0.717, 1.165) is 23.6 Å². The van der Waals surface area contributed by atoms with Crippen LogP contribution < -0.4 is 5.32 Å². The lowest BCUT2D eigenvalue weighted by atomic mass is 9.84. The molecule has 0 radical (unpaired) electrons. The number of benzene rings is 1. The molecule has 0 aliphatic heterocycles. The van der Waals surface area contributed by atoms with Crippen LogP contribution in [0.2, 0.25) is 10.0 Å². The second kappa shape index (κ2) is 6.71. The molecule has 1 N–H and O–H groups in total. The summed E-state index contributed by atoms with van der Waals surface area (Å²) in [6, 6.07) is 6.10. The Morgan fingerprint density at radius 3 is 2.58 bits per heavy atom. The van der Waals surface area contributed by atoms with Crippen molar-refractivity contribution in [2.24, 2.45) is 0 Å². The van der Waals surface area contributed by atoms with Crippen LogP contribution >= 0.6 is 35.0 Å². The fourth-order valence-electron chi connectivity index (χ4n) is 2.59. The van der Waals surface area contributed by atoms with Crippen molar-refractivity contribution in [3.63, 3.8) is 0 Å². The second-order valence-electron chi connectivity index (χ2n) is 5.25. The third kappa shape index (κ3) is 3.60. The van der Waals surface area contributed by atoms with E-state index in [-0.39, 0.29) is 0 Å². The first-order valence-electron chi connectivity index (χ1n) is 6.84. The lowest BCUT2D eigenvalue weighted by Gasteiger charge is -2.41. The van der Waals surface area contributed by atoms with Crippen molar-refractivity contribution in [3.05, 3.63) is 33.8 Å². The van der Waals surface area contributed by atoms with Crippen LogP contribution in [-0.2, 0) is 0 Å². The summed E-state index contributed by atoms with van der Waals surface area (Å²) in [6.07, 6.45) is 7.27. The lowest BCUT2D eigenvalue weighted by Crippen LogP contribution is -2.44. The third-order valence-corrected chi connectivity index (χ3v) is 6.10. The first-order chi connectivity index (χ1) is 9.10. The summed E-state index contributed by atoms with van der Waals surface area (Å²) in [5.74, 6) is 0. The molecule has 0 aromatic heterocycles. The van der Waals surface area contributed by atoms with Gasteiger partial charge in [-0.15, -0.1) is 0 Å². The van der Waals surface area contributed by atoms with Crippen molar-refractivity contribution < 1.29 is 0 Å². The highest BCUT2D eigenvalue weighted by Gasteiger charge is 2.36. The molecule has 1 unspecified atom stereocenters. The van der Waals surface area contributed by atoms with Gasteiger partial charge in [0.25, 0.3) is 0 Å². The van der Waals surface area contributed by atoms with Crippen LogP contribution in [0.3, 0.4) is 0 Å². The van der Waals surface area contributed by atoms with Gasteiger partial charge in [0.15, 0.2) is 0 Å². The van der Waals surface area contributed by atoms with Crippen LogP contribution in [0.1, 0.15) is 44.2 Å². The summed E-state index contributed by atoms with van der Waals surface area (Å²) < 4.78 is 0.451. The summed E-state index contributed by atoms with van der Waals surface area (Å²) in [5, 5.41) is 5.15. The molecule has 4 heteroatoms. The third-order valence-electron chi connectivity index (χ3n) is 4.11. The highest BCUT2D eigenvalue weighted by Crippen LogP contribution is 2.42. The van der Waals surface area contributed by atoms with Gasteiger partial charge in [-0.2, -0.15) is 11.8 Å². The van der Waals surface area contributed by atoms with E-state index in [1.807, 2.05) is 30.0 Å². The van der Waals surface area contributed by atoms with E-state index in [1.54, 1.807) is 0 Å². The molecule has 1 atom stereocenters. The fraction of sp³-hybridized carbons (Fsp3) is 0.600. The van der Waals surface area contributed by atoms with Gasteiger partial charge in [0.1, 0.15) is 0 Å². The molecule has 19 heavy (non-hydrogen) atoms. The predicted molar refractivity (Wildman–Crippen MR) is 87.6 cm³/mol. The van der Waals surface area contributed by atoms with Gasteiger partial charge in [0.2, 0.25) is 0 Å². The van der Waals surface area contributed by atoms with E-state index in [4.69, 9.17) is 23.2 Å². The molecule has 1 aromatic carbocycles. The largest absolute Gasteiger partial charge is 0.309 e. The maximum Gasteiger partial charge on any atom is 0.0468 e. The van der Waals surface area contributed by atoms with Gasteiger partial charge < -0.3 is 5.32 Å². The molecule has 0 spiro atoms. The minimum atomic E-state index is 0.314. The van der Waals surface area contributed by atoms with Gasteiger partial charge in [-0.1, -0.05) is 42.6 Å². The van der Waals surface area contributed by atoms with Crippen molar-refractivity contribution in [3.8, 4) is 0 Å². The molecule has 1 aromatic rings.